The van der Waals surface area contributed by atoms with Crippen molar-refractivity contribution in [1.29, 1.82) is 0 Å². The van der Waals surface area contributed by atoms with Crippen molar-refractivity contribution < 1.29 is 9.59 Å². The normalized spacial score (nSPS) is 20.7. The number of nitrogens with one attached hydrogen (secondary N) is 2. The first-order chi connectivity index (χ1) is 13.0. The van der Waals surface area contributed by atoms with Gasteiger partial charge in [-0.1, -0.05) is 6.07 Å². The molecule has 1 aliphatic carbocycles. The van der Waals surface area contributed by atoms with Crippen molar-refractivity contribution >= 4 is 23.2 Å². The molecule has 2 heterocycles. The van der Waals surface area contributed by atoms with Crippen molar-refractivity contribution in [3.63, 3.8) is 0 Å². The summed E-state index contributed by atoms with van der Waals surface area (Å²) in [5.74, 6) is 0.884. The molecule has 0 bridgehead atoms. The number of aromatic nitrogens is 1. The molecule has 1 unspecified atom stereocenters. The monoisotopic (exact) mass is 385 g/mol. The molecule has 0 aromatic carbocycles. The van der Waals surface area contributed by atoms with Gasteiger partial charge in [0.15, 0.2) is 0 Å². The number of carbonyl (C=O) groups is 2. The fraction of sp³-hybridized carbons (Fsp3) is 0.476. The summed E-state index contributed by atoms with van der Waals surface area (Å²) >= 11 is 1.52. The molecular formula is C21H27N3O2S. The summed E-state index contributed by atoms with van der Waals surface area (Å²) in [5, 5.41) is 6.16. The summed E-state index contributed by atoms with van der Waals surface area (Å²) in [6.45, 7) is 4.32. The summed E-state index contributed by atoms with van der Waals surface area (Å²) < 4.78 is 0. The van der Waals surface area contributed by atoms with E-state index in [2.05, 4.69) is 15.6 Å². The number of hydrogen-bond donors (Lipinski definition) is 2. The molecule has 27 heavy (non-hydrogen) atoms. The minimum Gasteiger partial charge on any atom is -0.356 e. The number of hydrogen-bond acceptors (Lipinski definition) is 4. The summed E-state index contributed by atoms with van der Waals surface area (Å²) in [6, 6.07) is 9.64. The van der Waals surface area contributed by atoms with Crippen molar-refractivity contribution in [2.75, 3.05) is 6.54 Å². The van der Waals surface area contributed by atoms with Gasteiger partial charge in [0.2, 0.25) is 5.91 Å². The van der Waals surface area contributed by atoms with Crippen LogP contribution in [0.3, 0.4) is 0 Å². The Morgan fingerprint density at radius 2 is 1.96 bits per heavy atom. The van der Waals surface area contributed by atoms with Gasteiger partial charge in [-0.05, 0) is 68.7 Å². The third kappa shape index (κ3) is 5.39. The zero-order chi connectivity index (χ0) is 19.2. The Labute approximate surface area is 164 Å². The number of thiophene rings is 1. The van der Waals surface area contributed by atoms with E-state index in [1.54, 1.807) is 13.1 Å². The average molecular weight is 386 g/mol. The Morgan fingerprint density at radius 1 is 1.19 bits per heavy atom. The third-order valence-corrected chi connectivity index (χ3v) is 6.26. The van der Waals surface area contributed by atoms with Crippen LogP contribution in [-0.4, -0.2) is 23.3 Å². The van der Waals surface area contributed by atoms with Gasteiger partial charge in [0.1, 0.15) is 0 Å². The molecule has 2 aromatic rings. The molecule has 0 saturated heterocycles. The summed E-state index contributed by atoms with van der Waals surface area (Å²) in [5.41, 5.74) is 0.921. The maximum atomic E-state index is 12.8. The maximum Gasteiger partial charge on any atom is 0.261 e. The fourth-order valence-corrected chi connectivity index (χ4v) is 4.55. The molecule has 144 valence electrons. The van der Waals surface area contributed by atoms with Crippen molar-refractivity contribution in [2.45, 2.75) is 45.6 Å². The lowest BCUT2D eigenvalue weighted by molar-refractivity contribution is -0.119. The molecule has 6 heteroatoms. The molecule has 2 amide bonds. The van der Waals surface area contributed by atoms with E-state index >= 15 is 0 Å². The Bertz CT molecular complexity index is 767. The molecule has 5 nitrogen and oxygen atoms in total. The van der Waals surface area contributed by atoms with Crippen LogP contribution in [0.25, 0.3) is 0 Å². The van der Waals surface area contributed by atoms with Crippen LogP contribution >= 0.6 is 11.3 Å². The highest BCUT2D eigenvalue weighted by Crippen LogP contribution is 2.36. The minimum atomic E-state index is -0.0807. The van der Waals surface area contributed by atoms with Gasteiger partial charge in [-0.15, -0.1) is 11.3 Å². The van der Waals surface area contributed by atoms with E-state index in [-0.39, 0.29) is 17.9 Å². The average Bonchev–Trinajstić information content (AvgIpc) is 3.12. The van der Waals surface area contributed by atoms with Crippen LogP contribution in [0.15, 0.2) is 36.5 Å². The number of amides is 2. The lowest BCUT2D eigenvalue weighted by Gasteiger charge is -2.34. The van der Waals surface area contributed by atoms with Gasteiger partial charge in [0, 0.05) is 24.5 Å². The van der Waals surface area contributed by atoms with Gasteiger partial charge in [-0.3, -0.25) is 14.6 Å². The van der Waals surface area contributed by atoms with E-state index in [0.29, 0.717) is 11.8 Å². The zero-order valence-corrected chi connectivity index (χ0v) is 16.7. The molecule has 0 aliphatic heterocycles. The quantitative estimate of drug-likeness (QED) is 0.793. The first kappa shape index (κ1) is 19.5. The smallest absolute Gasteiger partial charge is 0.261 e. The van der Waals surface area contributed by atoms with Gasteiger partial charge < -0.3 is 10.6 Å². The predicted octanol–water partition coefficient (Wildman–Crippen LogP) is 3.87. The largest absolute Gasteiger partial charge is 0.356 e. The first-order valence-electron chi connectivity index (χ1n) is 9.55. The highest BCUT2D eigenvalue weighted by molar-refractivity contribution is 7.13. The number of aryl methyl sites for hydroxylation is 1. The fourth-order valence-electron chi connectivity index (χ4n) is 3.78. The number of pyridine rings is 1. The van der Waals surface area contributed by atoms with Crippen LogP contribution in [0.2, 0.25) is 0 Å². The van der Waals surface area contributed by atoms with Crippen molar-refractivity contribution in [3.8, 4) is 0 Å². The highest BCUT2D eigenvalue weighted by Gasteiger charge is 2.31. The molecule has 0 radical (unpaired) electrons. The Kier molecular flexibility index (Phi) is 6.61. The summed E-state index contributed by atoms with van der Waals surface area (Å²) in [7, 11) is 0. The first-order valence-corrected chi connectivity index (χ1v) is 10.4. The van der Waals surface area contributed by atoms with E-state index in [1.165, 1.54) is 11.3 Å². The van der Waals surface area contributed by atoms with E-state index < -0.39 is 0 Å². The van der Waals surface area contributed by atoms with Gasteiger partial charge in [0.05, 0.1) is 16.6 Å². The number of nitrogens with zero attached hydrogens (tertiary/aromatic N) is 1. The van der Waals surface area contributed by atoms with Crippen LogP contribution in [0.5, 0.6) is 0 Å². The molecule has 3 rings (SSSR count). The summed E-state index contributed by atoms with van der Waals surface area (Å²) in [4.78, 5) is 30.3. The second-order valence-electron chi connectivity index (χ2n) is 7.33. The molecule has 2 N–H and O–H groups in total. The lowest BCUT2D eigenvalue weighted by atomic mass is 9.77. The lowest BCUT2D eigenvalue weighted by Crippen LogP contribution is -2.37. The van der Waals surface area contributed by atoms with Gasteiger partial charge >= 0.3 is 0 Å². The molecule has 1 atom stereocenters. The van der Waals surface area contributed by atoms with Crippen LogP contribution in [-0.2, 0) is 4.79 Å². The van der Waals surface area contributed by atoms with Crippen LogP contribution < -0.4 is 10.6 Å². The zero-order valence-electron chi connectivity index (χ0n) is 15.9. The second-order valence-corrected chi connectivity index (χ2v) is 8.62. The van der Waals surface area contributed by atoms with Crippen LogP contribution in [0.1, 0.15) is 58.9 Å². The van der Waals surface area contributed by atoms with E-state index in [1.807, 2.05) is 37.3 Å². The van der Waals surface area contributed by atoms with Gasteiger partial charge in [-0.25, -0.2) is 0 Å². The molecule has 1 aliphatic rings. The standard InChI is InChI=1S/C21H27N3O2S/c1-14-6-11-19(27-14)21(26)24-20(18-5-3-4-12-22-18)17-9-7-16(8-10-17)13-23-15(2)25/h3-6,11-12,16-17,20H,7-10,13H2,1-2H3,(H,23,25)(H,24,26). The van der Waals surface area contributed by atoms with Gasteiger partial charge in [-0.2, -0.15) is 0 Å². The Morgan fingerprint density at radius 3 is 2.56 bits per heavy atom. The number of rotatable bonds is 6. The highest BCUT2D eigenvalue weighted by atomic mass is 32.1. The predicted molar refractivity (Wildman–Crippen MR) is 108 cm³/mol. The van der Waals surface area contributed by atoms with E-state index in [9.17, 15) is 9.59 Å². The molecule has 0 spiro atoms. The maximum absolute atomic E-state index is 12.8. The minimum absolute atomic E-state index is 0.0240. The number of carbonyl (C=O) groups excluding carboxylic acids is 2. The van der Waals surface area contributed by atoms with E-state index in [0.717, 1.165) is 47.7 Å². The molecule has 1 saturated carbocycles. The van der Waals surface area contributed by atoms with Crippen LogP contribution in [0, 0.1) is 18.8 Å². The molecule has 2 aromatic heterocycles. The SMILES string of the molecule is CC(=O)NCC1CCC(C(NC(=O)c2ccc(C)s2)c2ccccn2)CC1. The second kappa shape index (κ2) is 9.13. The summed E-state index contributed by atoms with van der Waals surface area (Å²) in [6.07, 6.45) is 5.95. The molecule has 1 fully saturated rings. The van der Waals surface area contributed by atoms with Crippen molar-refractivity contribution in [2.24, 2.45) is 11.8 Å². The Hall–Kier alpha value is -2.21. The molecular weight excluding hydrogens is 358 g/mol. The van der Waals surface area contributed by atoms with E-state index in [4.69, 9.17) is 0 Å². The topological polar surface area (TPSA) is 71.1 Å². The Balaban J connectivity index is 1.68. The van der Waals surface area contributed by atoms with Crippen LogP contribution in [0.4, 0.5) is 0 Å². The van der Waals surface area contributed by atoms with Crippen molar-refractivity contribution in [1.82, 2.24) is 15.6 Å². The third-order valence-electron chi connectivity index (χ3n) is 5.26. The van der Waals surface area contributed by atoms with Gasteiger partial charge in [0.25, 0.3) is 5.91 Å². The van der Waals surface area contributed by atoms with Crippen molar-refractivity contribution in [3.05, 3.63) is 52.0 Å².